The number of aryl methyl sites for hydroxylation is 1. The average Bonchev–Trinajstić information content (AvgIpc) is 3.15. The molecule has 0 saturated carbocycles. The van der Waals surface area contributed by atoms with Crippen molar-refractivity contribution in [2.45, 2.75) is 17.9 Å². The SMILES string of the molecule is CN=C(NCCCn1ccc2ccccc21)NCCOc1ccc(S(C)(=O)=O)cc1. The Kier molecular flexibility index (Phi) is 7.35. The first-order valence-electron chi connectivity index (χ1n) is 9.89. The van der Waals surface area contributed by atoms with Crippen molar-refractivity contribution in [2.24, 2.45) is 4.99 Å². The smallest absolute Gasteiger partial charge is 0.191 e. The van der Waals surface area contributed by atoms with Gasteiger partial charge in [0.05, 0.1) is 11.4 Å². The van der Waals surface area contributed by atoms with Crippen LogP contribution in [0.15, 0.2) is 70.7 Å². The number of nitrogens with one attached hydrogen (secondary N) is 2. The number of aromatic nitrogens is 1. The standard InChI is InChI=1S/C22H28N4O3S/c1-23-22(24-13-5-15-26-16-12-18-6-3-4-7-21(18)26)25-14-17-29-19-8-10-20(11-9-19)30(2,27)28/h3-4,6-12,16H,5,13-15,17H2,1-2H3,(H2,23,24,25). The van der Waals surface area contributed by atoms with E-state index in [1.165, 1.54) is 17.2 Å². The molecule has 3 aromatic rings. The van der Waals surface area contributed by atoms with E-state index in [4.69, 9.17) is 4.74 Å². The summed E-state index contributed by atoms with van der Waals surface area (Å²) in [5, 5.41) is 7.77. The third kappa shape index (κ3) is 6.00. The Morgan fingerprint density at radius 2 is 1.77 bits per heavy atom. The number of aliphatic imine (C=N–C) groups is 1. The monoisotopic (exact) mass is 428 g/mol. The zero-order valence-electron chi connectivity index (χ0n) is 17.3. The fourth-order valence-corrected chi connectivity index (χ4v) is 3.76. The minimum absolute atomic E-state index is 0.283. The number of para-hydroxylation sites is 1. The Balaban J connectivity index is 1.35. The highest BCUT2D eigenvalue weighted by Crippen LogP contribution is 2.16. The van der Waals surface area contributed by atoms with Crippen LogP contribution in [0.3, 0.4) is 0 Å². The van der Waals surface area contributed by atoms with Crippen molar-refractivity contribution in [3.05, 3.63) is 60.8 Å². The Hall–Kier alpha value is -3.00. The summed E-state index contributed by atoms with van der Waals surface area (Å²) in [7, 11) is -1.45. The second-order valence-corrected chi connectivity index (χ2v) is 8.96. The molecule has 2 aromatic carbocycles. The summed E-state index contributed by atoms with van der Waals surface area (Å²) in [4.78, 5) is 4.50. The normalized spacial score (nSPS) is 12.1. The summed E-state index contributed by atoms with van der Waals surface area (Å²) in [6.45, 7) is 2.76. The molecule has 0 bridgehead atoms. The van der Waals surface area contributed by atoms with Gasteiger partial charge in [0.15, 0.2) is 15.8 Å². The van der Waals surface area contributed by atoms with Crippen molar-refractivity contribution in [1.29, 1.82) is 0 Å². The van der Waals surface area contributed by atoms with E-state index >= 15 is 0 Å². The Morgan fingerprint density at radius 3 is 2.50 bits per heavy atom. The lowest BCUT2D eigenvalue weighted by atomic mass is 10.2. The maximum atomic E-state index is 11.5. The molecule has 7 nitrogen and oxygen atoms in total. The molecule has 0 aliphatic heterocycles. The molecule has 0 fully saturated rings. The molecule has 3 rings (SSSR count). The van der Waals surface area contributed by atoms with Gasteiger partial charge in [0.25, 0.3) is 0 Å². The highest BCUT2D eigenvalue weighted by Gasteiger charge is 2.06. The molecule has 1 aromatic heterocycles. The van der Waals surface area contributed by atoms with Crippen molar-refractivity contribution in [3.63, 3.8) is 0 Å². The van der Waals surface area contributed by atoms with Gasteiger partial charge in [-0.05, 0) is 48.2 Å². The summed E-state index contributed by atoms with van der Waals surface area (Å²) in [5.74, 6) is 1.36. The number of ether oxygens (including phenoxy) is 1. The first kappa shape index (κ1) is 21.7. The molecular weight excluding hydrogens is 400 g/mol. The molecule has 0 amide bonds. The van der Waals surface area contributed by atoms with Crippen LogP contribution in [-0.2, 0) is 16.4 Å². The van der Waals surface area contributed by atoms with Gasteiger partial charge < -0.3 is 19.9 Å². The minimum Gasteiger partial charge on any atom is -0.492 e. The molecule has 0 aliphatic rings. The van der Waals surface area contributed by atoms with Crippen molar-refractivity contribution in [1.82, 2.24) is 15.2 Å². The highest BCUT2D eigenvalue weighted by molar-refractivity contribution is 7.90. The highest BCUT2D eigenvalue weighted by atomic mass is 32.2. The zero-order valence-corrected chi connectivity index (χ0v) is 18.2. The van der Waals surface area contributed by atoms with E-state index in [0.29, 0.717) is 18.9 Å². The molecule has 30 heavy (non-hydrogen) atoms. The van der Waals surface area contributed by atoms with E-state index < -0.39 is 9.84 Å². The average molecular weight is 429 g/mol. The van der Waals surface area contributed by atoms with E-state index in [1.807, 2.05) is 0 Å². The maximum absolute atomic E-state index is 11.5. The first-order chi connectivity index (χ1) is 14.5. The molecule has 0 saturated heterocycles. The fraction of sp³-hybridized carbons (Fsp3) is 0.318. The number of nitrogens with zero attached hydrogens (tertiary/aromatic N) is 2. The predicted molar refractivity (Wildman–Crippen MR) is 121 cm³/mol. The lowest BCUT2D eigenvalue weighted by Crippen LogP contribution is -2.39. The molecule has 0 aliphatic carbocycles. The number of sulfone groups is 1. The Bertz CT molecular complexity index is 1090. The van der Waals surface area contributed by atoms with Crippen LogP contribution in [0.2, 0.25) is 0 Å². The van der Waals surface area contributed by atoms with Crippen LogP contribution in [0.1, 0.15) is 6.42 Å². The summed E-state index contributed by atoms with van der Waals surface area (Å²) >= 11 is 0. The topological polar surface area (TPSA) is 84.7 Å². The molecule has 2 N–H and O–H groups in total. The van der Waals surface area contributed by atoms with Crippen molar-refractivity contribution in [3.8, 4) is 5.75 Å². The first-order valence-corrected chi connectivity index (χ1v) is 11.8. The second kappa shape index (κ2) is 10.2. The van der Waals surface area contributed by atoms with Gasteiger partial charge in [-0.3, -0.25) is 4.99 Å². The summed E-state index contributed by atoms with van der Waals surface area (Å²) in [5.41, 5.74) is 1.25. The Labute approximate surface area is 177 Å². The lowest BCUT2D eigenvalue weighted by Gasteiger charge is -2.13. The van der Waals surface area contributed by atoms with Crippen LogP contribution in [0, 0.1) is 0 Å². The number of hydrogen-bond donors (Lipinski definition) is 2. The van der Waals surface area contributed by atoms with Gasteiger partial charge in [-0.25, -0.2) is 8.42 Å². The number of fused-ring (bicyclic) bond motifs is 1. The number of rotatable bonds is 9. The van der Waals surface area contributed by atoms with Crippen LogP contribution in [0.5, 0.6) is 5.75 Å². The van der Waals surface area contributed by atoms with Crippen molar-refractivity contribution in [2.75, 3.05) is 33.0 Å². The Morgan fingerprint density at radius 1 is 1.03 bits per heavy atom. The van der Waals surface area contributed by atoms with Crippen LogP contribution < -0.4 is 15.4 Å². The molecular formula is C22H28N4O3S. The summed E-state index contributed by atoms with van der Waals surface area (Å²) < 4.78 is 30.8. The molecule has 0 spiro atoms. The van der Waals surface area contributed by atoms with Crippen LogP contribution >= 0.6 is 0 Å². The molecule has 1 heterocycles. The van der Waals surface area contributed by atoms with E-state index in [9.17, 15) is 8.42 Å². The van der Waals surface area contributed by atoms with E-state index in [2.05, 4.69) is 56.7 Å². The van der Waals surface area contributed by atoms with Gasteiger partial charge in [0.2, 0.25) is 0 Å². The van der Waals surface area contributed by atoms with Crippen LogP contribution in [-0.4, -0.2) is 51.9 Å². The maximum Gasteiger partial charge on any atom is 0.191 e. The van der Waals surface area contributed by atoms with Gasteiger partial charge in [-0.1, -0.05) is 18.2 Å². The van der Waals surface area contributed by atoms with Crippen molar-refractivity contribution >= 4 is 26.7 Å². The molecule has 0 atom stereocenters. The number of benzene rings is 2. The van der Waals surface area contributed by atoms with Crippen LogP contribution in [0.4, 0.5) is 0 Å². The molecule has 0 unspecified atom stereocenters. The quantitative estimate of drug-likeness (QED) is 0.311. The predicted octanol–water partition coefficient (Wildman–Crippen LogP) is 2.68. The minimum atomic E-state index is -3.19. The summed E-state index contributed by atoms with van der Waals surface area (Å²) in [6, 6.07) is 16.9. The molecule has 8 heteroatoms. The fourth-order valence-electron chi connectivity index (χ4n) is 3.13. The lowest BCUT2D eigenvalue weighted by molar-refractivity contribution is 0.321. The van der Waals surface area contributed by atoms with Gasteiger partial charge in [-0.15, -0.1) is 0 Å². The zero-order chi connectivity index (χ0) is 21.4. The van der Waals surface area contributed by atoms with Gasteiger partial charge in [0.1, 0.15) is 12.4 Å². The van der Waals surface area contributed by atoms with E-state index in [-0.39, 0.29) is 4.90 Å². The molecule has 0 radical (unpaired) electrons. The van der Waals surface area contributed by atoms with Crippen molar-refractivity contribution < 1.29 is 13.2 Å². The van der Waals surface area contributed by atoms with Gasteiger partial charge in [0, 0.05) is 38.1 Å². The number of guanidine groups is 1. The number of hydrogen-bond acceptors (Lipinski definition) is 4. The second-order valence-electron chi connectivity index (χ2n) is 6.94. The van der Waals surface area contributed by atoms with Crippen LogP contribution in [0.25, 0.3) is 10.9 Å². The third-order valence-electron chi connectivity index (χ3n) is 4.69. The van der Waals surface area contributed by atoms with Gasteiger partial charge in [-0.2, -0.15) is 0 Å². The van der Waals surface area contributed by atoms with Gasteiger partial charge >= 0.3 is 0 Å². The van der Waals surface area contributed by atoms with E-state index in [1.54, 1.807) is 31.3 Å². The largest absolute Gasteiger partial charge is 0.492 e. The third-order valence-corrected chi connectivity index (χ3v) is 5.82. The molecule has 160 valence electrons. The summed E-state index contributed by atoms with van der Waals surface area (Å²) in [6.07, 6.45) is 4.28. The van der Waals surface area contributed by atoms with E-state index in [0.717, 1.165) is 25.5 Å².